The third-order valence-corrected chi connectivity index (χ3v) is 4.36. The van der Waals surface area contributed by atoms with E-state index in [1.54, 1.807) is 0 Å². The number of aliphatic imine (C=N–C) groups is 1. The Hall–Kier alpha value is -1.55. The van der Waals surface area contributed by atoms with Gasteiger partial charge in [-0.2, -0.15) is 0 Å². The van der Waals surface area contributed by atoms with Gasteiger partial charge >= 0.3 is 0 Å². The fourth-order valence-corrected chi connectivity index (χ4v) is 3.01. The van der Waals surface area contributed by atoms with Crippen LogP contribution in [0.2, 0.25) is 0 Å². The van der Waals surface area contributed by atoms with E-state index in [0.29, 0.717) is 5.92 Å². The van der Waals surface area contributed by atoms with Gasteiger partial charge in [0, 0.05) is 45.8 Å². The van der Waals surface area contributed by atoms with Gasteiger partial charge in [-0.3, -0.25) is 4.99 Å². The molecule has 0 amide bonds. The highest BCUT2D eigenvalue weighted by Crippen LogP contribution is 2.26. The number of ether oxygens (including phenoxy) is 1. The van der Waals surface area contributed by atoms with Crippen molar-refractivity contribution in [3.63, 3.8) is 0 Å². The minimum Gasteiger partial charge on any atom is -0.381 e. The lowest BCUT2D eigenvalue weighted by atomic mass is 9.99. The van der Waals surface area contributed by atoms with Crippen LogP contribution in [-0.2, 0) is 4.74 Å². The molecule has 0 radical (unpaired) electrons. The number of likely N-dealkylation sites (tertiary alicyclic amines) is 1. The second kappa shape index (κ2) is 10.3. The number of unbranched alkanes of at least 4 members (excludes halogenated alkanes) is 1. The molecule has 1 aliphatic heterocycles. The van der Waals surface area contributed by atoms with Crippen LogP contribution in [0.4, 0.5) is 0 Å². The lowest BCUT2D eigenvalue weighted by molar-refractivity contribution is 0.129. The maximum Gasteiger partial charge on any atom is 0.193 e. The van der Waals surface area contributed by atoms with Crippen LogP contribution >= 0.6 is 0 Å². The van der Waals surface area contributed by atoms with Crippen molar-refractivity contribution >= 4 is 5.96 Å². The van der Waals surface area contributed by atoms with Crippen LogP contribution in [-0.4, -0.2) is 50.8 Å². The Morgan fingerprint density at radius 3 is 2.78 bits per heavy atom. The Morgan fingerprint density at radius 2 is 2.04 bits per heavy atom. The molecule has 1 heterocycles. The molecule has 1 saturated heterocycles. The molecule has 0 saturated carbocycles. The molecule has 1 unspecified atom stereocenters. The Kier molecular flexibility index (Phi) is 7.95. The predicted octanol–water partition coefficient (Wildman–Crippen LogP) is 3.26. The van der Waals surface area contributed by atoms with Crippen molar-refractivity contribution in [2.75, 3.05) is 39.9 Å². The Bertz CT molecular complexity index is 461. The highest BCUT2D eigenvalue weighted by atomic mass is 16.5. The van der Waals surface area contributed by atoms with Gasteiger partial charge in [0.2, 0.25) is 0 Å². The summed E-state index contributed by atoms with van der Waals surface area (Å²) in [6.07, 6.45) is 4.58. The zero-order valence-electron chi connectivity index (χ0n) is 14.6. The van der Waals surface area contributed by atoms with Gasteiger partial charge < -0.3 is 15.0 Å². The van der Waals surface area contributed by atoms with Gasteiger partial charge in [0.25, 0.3) is 0 Å². The molecule has 128 valence electrons. The van der Waals surface area contributed by atoms with Crippen LogP contribution in [0.1, 0.15) is 44.1 Å². The molecule has 0 bridgehead atoms. The van der Waals surface area contributed by atoms with Crippen LogP contribution < -0.4 is 5.32 Å². The molecule has 0 aliphatic carbocycles. The number of nitrogens with one attached hydrogen (secondary N) is 1. The smallest absolute Gasteiger partial charge is 0.193 e. The van der Waals surface area contributed by atoms with Crippen LogP contribution in [0.15, 0.2) is 35.3 Å². The lowest BCUT2D eigenvalue weighted by Gasteiger charge is -2.21. The van der Waals surface area contributed by atoms with Gasteiger partial charge in [-0.1, -0.05) is 43.7 Å². The average Bonchev–Trinajstić information content (AvgIpc) is 3.08. The normalized spacial score (nSPS) is 18.4. The third kappa shape index (κ3) is 5.87. The minimum absolute atomic E-state index is 0.618. The van der Waals surface area contributed by atoms with Crippen molar-refractivity contribution in [1.29, 1.82) is 0 Å². The summed E-state index contributed by atoms with van der Waals surface area (Å²) in [6, 6.07) is 10.8. The molecule has 0 aromatic heterocycles. The fourth-order valence-electron chi connectivity index (χ4n) is 3.01. The molecular formula is C19H31N3O. The van der Waals surface area contributed by atoms with Gasteiger partial charge in [0.05, 0.1) is 0 Å². The largest absolute Gasteiger partial charge is 0.381 e. The first-order valence-corrected chi connectivity index (χ1v) is 8.93. The highest BCUT2D eigenvalue weighted by Gasteiger charge is 2.25. The summed E-state index contributed by atoms with van der Waals surface area (Å²) in [5.74, 6) is 1.64. The first kappa shape index (κ1) is 17.8. The van der Waals surface area contributed by atoms with E-state index in [4.69, 9.17) is 4.74 Å². The topological polar surface area (TPSA) is 36.9 Å². The lowest BCUT2D eigenvalue weighted by Crippen LogP contribution is -2.40. The molecule has 0 spiro atoms. The number of hydrogen-bond acceptors (Lipinski definition) is 2. The number of rotatable bonds is 8. The number of guanidine groups is 1. The molecule has 23 heavy (non-hydrogen) atoms. The molecular weight excluding hydrogens is 286 g/mol. The molecule has 1 aromatic rings. The van der Waals surface area contributed by atoms with Crippen LogP contribution in [0.25, 0.3) is 0 Å². The zero-order valence-corrected chi connectivity index (χ0v) is 14.6. The number of benzene rings is 1. The van der Waals surface area contributed by atoms with Crippen LogP contribution in [0, 0.1) is 0 Å². The summed E-state index contributed by atoms with van der Waals surface area (Å²) in [5.41, 5.74) is 1.44. The zero-order chi connectivity index (χ0) is 16.3. The monoisotopic (exact) mass is 317 g/mol. The van der Waals surface area contributed by atoms with Crippen molar-refractivity contribution in [3.05, 3.63) is 35.9 Å². The summed E-state index contributed by atoms with van der Waals surface area (Å²) < 4.78 is 5.60. The SMILES string of the molecule is CCCCOCCCNC(=NC)N1CCC(c2ccccc2)C1. The van der Waals surface area contributed by atoms with E-state index in [2.05, 4.69) is 52.5 Å². The van der Waals surface area contributed by atoms with Crippen LogP contribution in [0.3, 0.4) is 0 Å². The molecule has 1 fully saturated rings. The number of nitrogens with zero attached hydrogens (tertiary/aromatic N) is 2. The van der Waals surface area contributed by atoms with Crippen molar-refractivity contribution < 1.29 is 4.74 Å². The summed E-state index contributed by atoms with van der Waals surface area (Å²) in [5, 5.41) is 3.47. The van der Waals surface area contributed by atoms with Crippen molar-refractivity contribution in [1.82, 2.24) is 10.2 Å². The Labute approximate surface area is 140 Å². The van der Waals surface area contributed by atoms with Gasteiger partial charge in [-0.25, -0.2) is 0 Å². The Balaban J connectivity index is 1.68. The van der Waals surface area contributed by atoms with Gasteiger partial charge in [0.15, 0.2) is 5.96 Å². The average molecular weight is 317 g/mol. The summed E-state index contributed by atoms with van der Waals surface area (Å²) >= 11 is 0. The quantitative estimate of drug-likeness (QED) is 0.454. The second-order valence-corrected chi connectivity index (χ2v) is 6.14. The standard InChI is InChI=1S/C19H31N3O/c1-3-4-14-23-15-8-12-21-19(20-2)22-13-11-18(16-22)17-9-6-5-7-10-17/h5-7,9-10,18H,3-4,8,11-16H2,1-2H3,(H,20,21). The molecule has 1 aromatic carbocycles. The highest BCUT2D eigenvalue weighted by molar-refractivity contribution is 5.80. The first-order chi connectivity index (χ1) is 11.3. The van der Waals surface area contributed by atoms with E-state index >= 15 is 0 Å². The van der Waals surface area contributed by atoms with Crippen LogP contribution in [0.5, 0.6) is 0 Å². The van der Waals surface area contributed by atoms with Gasteiger partial charge in [-0.15, -0.1) is 0 Å². The predicted molar refractivity (Wildman–Crippen MR) is 97.1 cm³/mol. The molecule has 1 atom stereocenters. The first-order valence-electron chi connectivity index (χ1n) is 8.93. The molecule has 4 nitrogen and oxygen atoms in total. The maximum absolute atomic E-state index is 5.60. The summed E-state index contributed by atoms with van der Waals surface area (Å²) in [7, 11) is 1.87. The fraction of sp³-hybridized carbons (Fsp3) is 0.632. The Morgan fingerprint density at radius 1 is 1.26 bits per heavy atom. The van der Waals surface area contributed by atoms with Crippen molar-refractivity contribution in [2.24, 2.45) is 4.99 Å². The summed E-state index contributed by atoms with van der Waals surface area (Å²) in [6.45, 7) is 6.95. The summed E-state index contributed by atoms with van der Waals surface area (Å²) in [4.78, 5) is 6.81. The maximum atomic E-state index is 5.60. The molecule has 4 heteroatoms. The molecule has 1 aliphatic rings. The third-order valence-electron chi connectivity index (χ3n) is 4.36. The van der Waals surface area contributed by atoms with E-state index < -0.39 is 0 Å². The van der Waals surface area contributed by atoms with E-state index in [9.17, 15) is 0 Å². The van der Waals surface area contributed by atoms with Crippen molar-refractivity contribution in [3.8, 4) is 0 Å². The van der Waals surface area contributed by atoms with E-state index in [-0.39, 0.29) is 0 Å². The van der Waals surface area contributed by atoms with E-state index in [1.165, 1.54) is 18.4 Å². The molecule has 2 rings (SSSR count). The number of hydrogen-bond donors (Lipinski definition) is 1. The molecule has 1 N–H and O–H groups in total. The van der Waals surface area contributed by atoms with Gasteiger partial charge in [0.1, 0.15) is 0 Å². The van der Waals surface area contributed by atoms with E-state index in [0.717, 1.165) is 51.6 Å². The minimum atomic E-state index is 0.618. The van der Waals surface area contributed by atoms with Crippen molar-refractivity contribution in [2.45, 2.75) is 38.5 Å². The van der Waals surface area contributed by atoms with Gasteiger partial charge in [-0.05, 0) is 24.8 Å². The van der Waals surface area contributed by atoms with E-state index in [1.807, 2.05) is 7.05 Å². The second-order valence-electron chi connectivity index (χ2n) is 6.14.